The molecule has 1 rings (SSSR count). The average Bonchev–Trinajstić information content (AvgIpc) is 2.39. The first kappa shape index (κ1) is 14.9. The van der Waals surface area contributed by atoms with E-state index in [4.69, 9.17) is 0 Å². The topological polar surface area (TPSA) is 46.6 Å². The van der Waals surface area contributed by atoms with Crippen LogP contribution in [0.2, 0.25) is 0 Å². The third-order valence-electron chi connectivity index (χ3n) is 2.27. The smallest absolute Gasteiger partial charge is 0.325 e. The van der Waals surface area contributed by atoms with Gasteiger partial charge in [-0.1, -0.05) is 0 Å². The summed E-state index contributed by atoms with van der Waals surface area (Å²) < 4.78 is 56.2. The lowest BCUT2D eigenvalue weighted by Gasteiger charge is -2.16. The van der Waals surface area contributed by atoms with Crippen molar-refractivity contribution in [1.82, 2.24) is 4.90 Å². The zero-order chi connectivity index (χ0) is 14.7. The number of hydrogen-bond acceptors (Lipinski definition) is 3. The zero-order valence-electron chi connectivity index (χ0n) is 9.97. The van der Waals surface area contributed by atoms with E-state index < -0.39 is 47.3 Å². The van der Waals surface area contributed by atoms with Crippen molar-refractivity contribution in [3.63, 3.8) is 0 Å². The molecule has 19 heavy (non-hydrogen) atoms. The molecule has 0 fully saturated rings. The normalized spacial score (nSPS) is 10.2. The minimum Gasteiger partial charge on any atom is -0.468 e. The summed E-state index contributed by atoms with van der Waals surface area (Å²) in [5.41, 5.74) is -1.01. The van der Waals surface area contributed by atoms with Crippen molar-refractivity contribution in [3.05, 3.63) is 34.9 Å². The Balaban J connectivity index is 3.10. The van der Waals surface area contributed by atoms with Crippen LogP contribution in [0.5, 0.6) is 0 Å². The monoisotopic (exact) mass is 279 g/mol. The largest absolute Gasteiger partial charge is 0.468 e. The number of methoxy groups -OCH3 is 1. The predicted molar refractivity (Wildman–Crippen MR) is 55.3 cm³/mol. The summed E-state index contributed by atoms with van der Waals surface area (Å²) in [5, 5.41) is 0. The Kier molecular flexibility index (Phi) is 4.47. The Hall–Kier alpha value is -2.12. The lowest BCUT2D eigenvalue weighted by molar-refractivity contribution is -0.141. The highest BCUT2D eigenvalue weighted by Gasteiger charge is 2.25. The molecule has 0 aliphatic rings. The maximum atomic E-state index is 13.3. The molecular formula is C11H9F4NO3. The number of halogens is 4. The molecule has 0 saturated heterocycles. The van der Waals surface area contributed by atoms with Gasteiger partial charge in [0.2, 0.25) is 0 Å². The maximum absolute atomic E-state index is 13.3. The highest BCUT2D eigenvalue weighted by atomic mass is 19.2. The standard InChI is InChI=1S/C11H9F4NO3/c1-16(4-7(17)19-2)11(18)5-3-6(12)9(14)10(15)8(5)13/h3H,4H2,1-2H3. The number of ether oxygens (including phenoxy) is 1. The van der Waals surface area contributed by atoms with Crippen LogP contribution in [0.3, 0.4) is 0 Å². The van der Waals surface area contributed by atoms with Gasteiger partial charge in [0.25, 0.3) is 5.91 Å². The molecule has 104 valence electrons. The van der Waals surface area contributed by atoms with Gasteiger partial charge in [0, 0.05) is 7.05 Å². The van der Waals surface area contributed by atoms with Crippen molar-refractivity contribution < 1.29 is 31.9 Å². The molecule has 0 bridgehead atoms. The molecule has 1 aromatic carbocycles. The van der Waals surface area contributed by atoms with Crippen LogP contribution in [0.15, 0.2) is 6.07 Å². The quantitative estimate of drug-likeness (QED) is 0.364. The molecule has 0 aliphatic carbocycles. The molecule has 0 atom stereocenters. The van der Waals surface area contributed by atoms with Gasteiger partial charge in [-0.15, -0.1) is 0 Å². The first-order valence-corrected chi connectivity index (χ1v) is 4.94. The van der Waals surface area contributed by atoms with Crippen LogP contribution in [0.1, 0.15) is 10.4 Å². The Bertz CT molecular complexity index is 533. The molecule has 0 saturated carbocycles. The Morgan fingerprint density at radius 2 is 1.74 bits per heavy atom. The van der Waals surface area contributed by atoms with Crippen LogP contribution in [-0.4, -0.2) is 37.5 Å². The van der Waals surface area contributed by atoms with Crippen LogP contribution < -0.4 is 0 Å². The van der Waals surface area contributed by atoms with E-state index in [-0.39, 0.29) is 6.07 Å². The molecule has 0 aliphatic heterocycles. The summed E-state index contributed by atoms with van der Waals surface area (Å²) in [5.74, 6) is -9.60. The number of carbonyl (C=O) groups is 2. The fourth-order valence-electron chi connectivity index (χ4n) is 1.26. The molecule has 0 N–H and O–H groups in total. The second kappa shape index (κ2) is 5.68. The molecule has 1 aromatic rings. The Labute approximate surface area is 105 Å². The highest BCUT2D eigenvalue weighted by Crippen LogP contribution is 2.19. The van der Waals surface area contributed by atoms with Gasteiger partial charge in [-0.2, -0.15) is 0 Å². The summed E-state index contributed by atoms with van der Waals surface area (Å²) in [4.78, 5) is 23.2. The van der Waals surface area contributed by atoms with E-state index in [0.717, 1.165) is 14.2 Å². The van der Waals surface area contributed by atoms with Gasteiger partial charge >= 0.3 is 5.97 Å². The molecule has 0 radical (unpaired) electrons. The number of rotatable bonds is 3. The molecule has 1 amide bonds. The van der Waals surface area contributed by atoms with Gasteiger partial charge in [-0.3, -0.25) is 9.59 Å². The van der Waals surface area contributed by atoms with Crippen molar-refractivity contribution in [3.8, 4) is 0 Å². The van der Waals surface area contributed by atoms with Gasteiger partial charge in [0.05, 0.1) is 12.7 Å². The molecule has 0 heterocycles. The van der Waals surface area contributed by atoms with Gasteiger partial charge < -0.3 is 9.64 Å². The molecular weight excluding hydrogens is 270 g/mol. The maximum Gasteiger partial charge on any atom is 0.325 e. The Morgan fingerprint density at radius 3 is 2.26 bits per heavy atom. The van der Waals surface area contributed by atoms with Crippen LogP contribution in [0.4, 0.5) is 17.6 Å². The summed E-state index contributed by atoms with van der Waals surface area (Å²) in [6.45, 7) is -0.546. The number of nitrogens with zero attached hydrogens (tertiary/aromatic N) is 1. The third-order valence-corrected chi connectivity index (χ3v) is 2.27. The van der Waals surface area contributed by atoms with E-state index in [0.29, 0.717) is 4.90 Å². The van der Waals surface area contributed by atoms with Crippen LogP contribution in [0.25, 0.3) is 0 Å². The Morgan fingerprint density at radius 1 is 1.16 bits per heavy atom. The number of benzene rings is 1. The van der Waals surface area contributed by atoms with E-state index in [1.54, 1.807) is 0 Å². The van der Waals surface area contributed by atoms with E-state index in [1.807, 2.05) is 0 Å². The lowest BCUT2D eigenvalue weighted by Crippen LogP contribution is -2.33. The minimum atomic E-state index is -2.09. The summed E-state index contributed by atoms with van der Waals surface area (Å²) in [7, 11) is 2.16. The summed E-state index contributed by atoms with van der Waals surface area (Å²) >= 11 is 0. The second-order valence-electron chi connectivity index (χ2n) is 3.59. The average molecular weight is 279 g/mol. The minimum absolute atomic E-state index is 0.226. The van der Waals surface area contributed by atoms with Gasteiger partial charge in [0.1, 0.15) is 6.54 Å². The summed E-state index contributed by atoms with van der Waals surface area (Å²) in [6, 6.07) is 0.226. The number of hydrogen-bond donors (Lipinski definition) is 0. The second-order valence-corrected chi connectivity index (χ2v) is 3.59. The zero-order valence-corrected chi connectivity index (χ0v) is 9.97. The first-order chi connectivity index (χ1) is 8.79. The molecule has 0 unspecified atom stereocenters. The van der Waals surface area contributed by atoms with Crippen LogP contribution >= 0.6 is 0 Å². The van der Waals surface area contributed by atoms with E-state index in [1.165, 1.54) is 0 Å². The first-order valence-electron chi connectivity index (χ1n) is 4.94. The SMILES string of the molecule is COC(=O)CN(C)C(=O)c1cc(F)c(F)c(F)c1F. The lowest BCUT2D eigenvalue weighted by atomic mass is 10.1. The van der Waals surface area contributed by atoms with Crippen molar-refractivity contribution in [1.29, 1.82) is 0 Å². The van der Waals surface area contributed by atoms with E-state index in [2.05, 4.69) is 4.74 Å². The van der Waals surface area contributed by atoms with Crippen molar-refractivity contribution in [2.45, 2.75) is 0 Å². The molecule has 8 heteroatoms. The molecule has 4 nitrogen and oxygen atoms in total. The number of likely N-dealkylation sites (N-methyl/N-ethyl adjacent to an activating group) is 1. The fraction of sp³-hybridized carbons (Fsp3) is 0.273. The van der Waals surface area contributed by atoms with Gasteiger partial charge in [-0.05, 0) is 6.07 Å². The molecule has 0 aromatic heterocycles. The van der Waals surface area contributed by atoms with Crippen LogP contribution in [0, 0.1) is 23.3 Å². The van der Waals surface area contributed by atoms with Crippen molar-refractivity contribution in [2.24, 2.45) is 0 Å². The highest BCUT2D eigenvalue weighted by molar-refractivity contribution is 5.96. The predicted octanol–water partition coefficient (Wildman–Crippen LogP) is 1.49. The number of carbonyl (C=O) groups excluding carboxylic acids is 2. The number of amides is 1. The molecule has 0 spiro atoms. The number of esters is 1. The summed E-state index contributed by atoms with van der Waals surface area (Å²) in [6.07, 6.45) is 0. The van der Waals surface area contributed by atoms with Crippen molar-refractivity contribution >= 4 is 11.9 Å². The third kappa shape index (κ3) is 3.01. The fourth-order valence-corrected chi connectivity index (χ4v) is 1.26. The van der Waals surface area contributed by atoms with Crippen LogP contribution in [-0.2, 0) is 9.53 Å². The van der Waals surface area contributed by atoms with Gasteiger partial charge in [0.15, 0.2) is 23.3 Å². The van der Waals surface area contributed by atoms with Crippen molar-refractivity contribution in [2.75, 3.05) is 20.7 Å². The van der Waals surface area contributed by atoms with E-state index in [9.17, 15) is 27.2 Å². The van der Waals surface area contributed by atoms with Gasteiger partial charge in [-0.25, -0.2) is 17.6 Å². The van der Waals surface area contributed by atoms with E-state index >= 15 is 0 Å².